The molecule has 1 N–H and O–H groups in total. The highest BCUT2D eigenvalue weighted by atomic mass is 16.5. The summed E-state index contributed by atoms with van der Waals surface area (Å²) in [7, 11) is 0. The summed E-state index contributed by atoms with van der Waals surface area (Å²) in [4.78, 5) is 11.7. The summed E-state index contributed by atoms with van der Waals surface area (Å²) in [5, 5.41) is 11.6. The molecule has 0 aromatic heterocycles. The normalized spacial score (nSPS) is 13.2. The van der Waals surface area contributed by atoms with Crippen molar-refractivity contribution in [1.29, 1.82) is 5.26 Å². The quantitative estimate of drug-likeness (QED) is 0.854. The molecule has 1 amide bonds. The average molecular weight is 260 g/mol. The Morgan fingerprint density at radius 3 is 2.53 bits per heavy atom. The lowest BCUT2D eigenvalue weighted by atomic mass is 10.0. The molecule has 0 aliphatic heterocycles. The minimum atomic E-state index is -0.128. The van der Waals surface area contributed by atoms with Gasteiger partial charge < -0.3 is 10.1 Å². The predicted octanol–water partition coefficient (Wildman–Crippen LogP) is 2.49. The van der Waals surface area contributed by atoms with Crippen LogP contribution in [0.15, 0.2) is 24.3 Å². The van der Waals surface area contributed by atoms with E-state index in [1.165, 1.54) is 0 Å². The zero-order valence-electron chi connectivity index (χ0n) is 11.6. The van der Waals surface area contributed by atoms with E-state index in [1.54, 1.807) is 24.3 Å². The monoisotopic (exact) mass is 260 g/mol. The molecule has 0 heterocycles. The van der Waals surface area contributed by atoms with Crippen LogP contribution >= 0.6 is 0 Å². The Bertz CT molecular complexity index is 448. The van der Waals surface area contributed by atoms with Gasteiger partial charge >= 0.3 is 0 Å². The van der Waals surface area contributed by atoms with Gasteiger partial charge in [-0.3, -0.25) is 4.79 Å². The molecule has 19 heavy (non-hydrogen) atoms. The standard InChI is InChI=1S/C15H20N2O2/c1-4-11(2)12(3)17-15(18)10-19-14-7-5-13(9-16)6-8-14/h5-8,11-12H,4,10H2,1-3H3,(H,17,18). The fourth-order valence-corrected chi connectivity index (χ4v) is 1.57. The van der Waals surface area contributed by atoms with Crippen molar-refractivity contribution < 1.29 is 9.53 Å². The van der Waals surface area contributed by atoms with Gasteiger partial charge in [0, 0.05) is 6.04 Å². The molecule has 0 bridgehead atoms. The molecule has 0 aliphatic carbocycles. The van der Waals surface area contributed by atoms with E-state index in [9.17, 15) is 4.79 Å². The molecular weight excluding hydrogens is 240 g/mol. The number of benzene rings is 1. The fraction of sp³-hybridized carbons (Fsp3) is 0.467. The maximum Gasteiger partial charge on any atom is 0.258 e. The highest BCUT2D eigenvalue weighted by Crippen LogP contribution is 2.11. The second-order valence-corrected chi connectivity index (χ2v) is 4.67. The Hall–Kier alpha value is -2.02. The van der Waals surface area contributed by atoms with Gasteiger partial charge in [0.2, 0.25) is 0 Å². The highest BCUT2D eigenvalue weighted by molar-refractivity contribution is 5.77. The van der Waals surface area contributed by atoms with Crippen LogP contribution in [0.4, 0.5) is 0 Å². The highest BCUT2D eigenvalue weighted by Gasteiger charge is 2.13. The zero-order chi connectivity index (χ0) is 14.3. The van der Waals surface area contributed by atoms with E-state index < -0.39 is 0 Å². The van der Waals surface area contributed by atoms with E-state index in [0.717, 1.165) is 6.42 Å². The largest absolute Gasteiger partial charge is 0.484 e. The van der Waals surface area contributed by atoms with Crippen molar-refractivity contribution in [2.75, 3.05) is 6.61 Å². The lowest BCUT2D eigenvalue weighted by Gasteiger charge is -2.19. The molecule has 0 saturated carbocycles. The Morgan fingerprint density at radius 2 is 2.00 bits per heavy atom. The Balaban J connectivity index is 2.39. The first-order valence-electron chi connectivity index (χ1n) is 6.49. The molecule has 4 nitrogen and oxygen atoms in total. The summed E-state index contributed by atoms with van der Waals surface area (Å²) in [6, 6.07) is 8.86. The Labute approximate surface area is 114 Å². The Morgan fingerprint density at radius 1 is 1.37 bits per heavy atom. The first kappa shape index (κ1) is 15.0. The van der Waals surface area contributed by atoms with E-state index in [1.807, 2.05) is 13.0 Å². The fourth-order valence-electron chi connectivity index (χ4n) is 1.57. The van der Waals surface area contributed by atoms with Crippen LogP contribution in [0.3, 0.4) is 0 Å². The summed E-state index contributed by atoms with van der Waals surface area (Å²) >= 11 is 0. The molecule has 0 saturated heterocycles. The van der Waals surface area contributed by atoms with Gasteiger partial charge in [0.25, 0.3) is 5.91 Å². The van der Waals surface area contributed by atoms with Crippen LogP contribution in [0, 0.1) is 17.2 Å². The third-order valence-corrected chi connectivity index (χ3v) is 3.24. The number of hydrogen-bond donors (Lipinski definition) is 1. The first-order valence-corrected chi connectivity index (χ1v) is 6.49. The van der Waals surface area contributed by atoms with Crippen LogP contribution < -0.4 is 10.1 Å². The van der Waals surface area contributed by atoms with Gasteiger partial charge in [-0.25, -0.2) is 0 Å². The number of carbonyl (C=O) groups is 1. The van der Waals surface area contributed by atoms with E-state index in [4.69, 9.17) is 10.00 Å². The van der Waals surface area contributed by atoms with Gasteiger partial charge in [-0.1, -0.05) is 20.3 Å². The van der Waals surface area contributed by atoms with Crippen LogP contribution in [0.5, 0.6) is 5.75 Å². The third kappa shape index (κ3) is 5.01. The molecule has 4 heteroatoms. The van der Waals surface area contributed by atoms with Crippen molar-refractivity contribution in [2.24, 2.45) is 5.92 Å². The number of nitriles is 1. The maximum atomic E-state index is 11.7. The molecule has 2 atom stereocenters. The molecule has 0 fully saturated rings. The van der Waals surface area contributed by atoms with Crippen molar-refractivity contribution in [1.82, 2.24) is 5.32 Å². The van der Waals surface area contributed by atoms with Gasteiger partial charge in [0.05, 0.1) is 11.6 Å². The van der Waals surface area contributed by atoms with Gasteiger partial charge in [-0.2, -0.15) is 5.26 Å². The van der Waals surface area contributed by atoms with Crippen LogP contribution in [-0.4, -0.2) is 18.6 Å². The van der Waals surface area contributed by atoms with Gasteiger partial charge in [-0.05, 0) is 37.1 Å². The van der Waals surface area contributed by atoms with Crippen LogP contribution in [-0.2, 0) is 4.79 Å². The molecule has 0 aliphatic rings. The summed E-state index contributed by atoms with van der Waals surface area (Å²) in [5.74, 6) is 0.904. The molecule has 102 valence electrons. The van der Waals surface area contributed by atoms with E-state index in [-0.39, 0.29) is 18.6 Å². The average Bonchev–Trinajstić information content (AvgIpc) is 2.44. The zero-order valence-corrected chi connectivity index (χ0v) is 11.6. The SMILES string of the molecule is CCC(C)C(C)NC(=O)COc1ccc(C#N)cc1. The number of nitrogens with one attached hydrogen (secondary N) is 1. The summed E-state index contributed by atoms with van der Waals surface area (Å²) in [5.41, 5.74) is 0.571. The van der Waals surface area contributed by atoms with Gasteiger partial charge in [-0.15, -0.1) is 0 Å². The molecule has 0 spiro atoms. The number of hydrogen-bond acceptors (Lipinski definition) is 3. The van der Waals surface area contributed by atoms with Crippen molar-refractivity contribution >= 4 is 5.91 Å². The summed E-state index contributed by atoms with van der Waals surface area (Å²) in [6.07, 6.45) is 1.03. The van der Waals surface area contributed by atoms with E-state index >= 15 is 0 Å². The molecular formula is C15H20N2O2. The number of carbonyl (C=O) groups excluding carboxylic acids is 1. The lowest BCUT2D eigenvalue weighted by Crippen LogP contribution is -2.39. The van der Waals surface area contributed by atoms with E-state index in [2.05, 4.69) is 19.2 Å². The van der Waals surface area contributed by atoms with Crippen LogP contribution in [0.2, 0.25) is 0 Å². The van der Waals surface area contributed by atoms with Crippen LogP contribution in [0.25, 0.3) is 0 Å². The maximum absolute atomic E-state index is 11.7. The number of amides is 1. The van der Waals surface area contributed by atoms with E-state index in [0.29, 0.717) is 17.2 Å². The smallest absolute Gasteiger partial charge is 0.258 e. The number of rotatable bonds is 6. The Kier molecular flexibility index (Phi) is 5.87. The third-order valence-electron chi connectivity index (χ3n) is 3.24. The van der Waals surface area contributed by atoms with Gasteiger partial charge in [0.1, 0.15) is 5.75 Å². The number of nitrogens with zero attached hydrogens (tertiary/aromatic N) is 1. The topological polar surface area (TPSA) is 62.1 Å². The van der Waals surface area contributed by atoms with Crippen molar-refractivity contribution in [3.05, 3.63) is 29.8 Å². The lowest BCUT2D eigenvalue weighted by molar-refractivity contribution is -0.124. The second kappa shape index (κ2) is 7.42. The predicted molar refractivity (Wildman–Crippen MR) is 73.7 cm³/mol. The minimum absolute atomic E-state index is 0.00727. The molecule has 1 aromatic carbocycles. The first-order chi connectivity index (χ1) is 9.06. The van der Waals surface area contributed by atoms with Crippen molar-refractivity contribution in [3.8, 4) is 11.8 Å². The minimum Gasteiger partial charge on any atom is -0.484 e. The molecule has 0 radical (unpaired) electrons. The van der Waals surface area contributed by atoms with Gasteiger partial charge in [0.15, 0.2) is 6.61 Å². The summed E-state index contributed by atoms with van der Waals surface area (Å²) in [6.45, 7) is 6.19. The number of ether oxygens (including phenoxy) is 1. The molecule has 1 rings (SSSR count). The van der Waals surface area contributed by atoms with Crippen LogP contribution in [0.1, 0.15) is 32.8 Å². The molecule has 1 aromatic rings. The second-order valence-electron chi connectivity index (χ2n) is 4.67. The van der Waals surface area contributed by atoms with Crippen molar-refractivity contribution in [2.45, 2.75) is 33.2 Å². The van der Waals surface area contributed by atoms with Crippen molar-refractivity contribution in [3.63, 3.8) is 0 Å². The summed E-state index contributed by atoms with van der Waals surface area (Å²) < 4.78 is 5.36. The molecule has 2 unspecified atom stereocenters.